The Morgan fingerprint density at radius 2 is 1.41 bits per heavy atom. The number of alkyl carbamates (subject to hydrolysis) is 1. The van der Waals surface area contributed by atoms with Crippen molar-refractivity contribution in [2.75, 3.05) is 6.54 Å². The number of ether oxygens (including phenoxy) is 1. The van der Waals surface area contributed by atoms with Gasteiger partial charge in [-0.05, 0) is 87.9 Å². The number of carbonyl (C=O) groups is 2. The molecule has 0 radical (unpaired) electrons. The van der Waals surface area contributed by atoms with E-state index in [1.54, 1.807) is 17.1 Å². The Morgan fingerprint density at radius 1 is 0.852 bits per heavy atom. The fraction of sp³-hybridized carbons (Fsp3) is 0.386. The molecule has 10 heteroatoms. The molecule has 5 rings (SSSR count). The maximum atomic E-state index is 15.1. The van der Waals surface area contributed by atoms with E-state index in [-0.39, 0.29) is 11.3 Å². The van der Waals surface area contributed by atoms with Crippen molar-refractivity contribution in [1.82, 2.24) is 10.3 Å². The van der Waals surface area contributed by atoms with Crippen LogP contribution in [0, 0.1) is 11.2 Å². The smallest absolute Gasteiger partial charge is 0.407 e. The number of nitrogens with zero attached hydrogens (tertiary/aromatic N) is 2. The molecule has 0 aromatic heterocycles. The number of halogens is 1. The molecule has 0 spiro atoms. The molecule has 286 valence electrons. The molecule has 1 heterocycles. The quantitative estimate of drug-likeness (QED) is 0.115. The summed E-state index contributed by atoms with van der Waals surface area (Å²) < 4.78 is 27.3. The number of nitrogens with one attached hydrogen (secondary N) is 1. The highest BCUT2D eigenvalue weighted by Crippen LogP contribution is 2.54. The minimum absolute atomic E-state index is 0.303. The van der Waals surface area contributed by atoms with E-state index in [0.717, 1.165) is 16.7 Å². The number of carbonyl (C=O) groups excluding carboxylic acids is 2. The SMILES string of the molecule is C[C@@H](O[Si](C)(C)C(c1ccccc1)(c1ccccc1)C(C)(C)C)C(=O)N1N=C(c2cccc(F)c2)SC1(CCCNC(=O)OC(C)(C)C)c1ccccc1. The summed E-state index contributed by atoms with van der Waals surface area (Å²) >= 11 is 1.42. The van der Waals surface area contributed by atoms with E-state index < -0.39 is 41.8 Å². The molecule has 0 bridgehead atoms. The van der Waals surface area contributed by atoms with Crippen LogP contribution in [0.25, 0.3) is 0 Å². The van der Waals surface area contributed by atoms with Crippen LogP contribution >= 0.6 is 11.8 Å². The molecule has 2 amide bonds. The maximum Gasteiger partial charge on any atom is 0.407 e. The summed E-state index contributed by atoms with van der Waals surface area (Å²) in [5.41, 5.74) is 2.77. The topological polar surface area (TPSA) is 80.2 Å². The van der Waals surface area contributed by atoms with Crippen molar-refractivity contribution in [1.29, 1.82) is 0 Å². The van der Waals surface area contributed by atoms with Gasteiger partial charge in [0.2, 0.25) is 8.32 Å². The molecule has 2 atom stereocenters. The number of benzene rings is 4. The maximum absolute atomic E-state index is 15.1. The van der Waals surface area contributed by atoms with Crippen LogP contribution in [0.5, 0.6) is 0 Å². The van der Waals surface area contributed by atoms with Crippen LogP contribution in [-0.4, -0.2) is 48.6 Å². The normalized spacial score (nSPS) is 17.1. The molecule has 0 fully saturated rings. The lowest BCUT2D eigenvalue weighted by atomic mass is 9.71. The molecule has 0 aliphatic carbocycles. The average molecular weight is 768 g/mol. The van der Waals surface area contributed by atoms with Crippen molar-refractivity contribution in [3.63, 3.8) is 0 Å². The molecular formula is C44H54FN3O4SSi. The molecular weight excluding hydrogens is 714 g/mol. The predicted molar refractivity (Wildman–Crippen MR) is 220 cm³/mol. The highest BCUT2D eigenvalue weighted by atomic mass is 32.2. The van der Waals surface area contributed by atoms with E-state index >= 15 is 4.79 Å². The minimum atomic E-state index is -2.97. The molecule has 0 saturated heterocycles. The average Bonchev–Trinajstić information content (AvgIpc) is 3.50. The van der Waals surface area contributed by atoms with Crippen LogP contribution in [-0.2, 0) is 23.9 Å². The van der Waals surface area contributed by atoms with E-state index in [2.05, 4.69) is 87.7 Å². The van der Waals surface area contributed by atoms with Gasteiger partial charge >= 0.3 is 6.09 Å². The molecule has 4 aromatic carbocycles. The fourth-order valence-electron chi connectivity index (χ4n) is 8.13. The second-order valence-corrected chi connectivity index (χ2v) is 21.6. The van der Waals surface area contributed by atoms with E-state index in [1.165, 1.54) is 23.9 Å². The van der Waals surface area contributed by atoms with E-state index in [4.69, 9.17) is 14.3 Å². The highest BCUT2D eigenvalue weighted by molar-refractivity contribution is 8.15. The van der Waals surface area contributed by atoms with Crippen LogP contribution in [0.3, 0.4) is 0 Å². The molecule has 7 nitrogen and oxygen atoms in total. The van der Waals surface area contributed by atoms with Gasteiger partial charge in [0.25, 0.3) is 5.91 Å². The summed E-state index contributed by atoms with van der Waals surface area (Å²) in [4.78, 5) is 26.7. The zero-order valence-electron chi connectivity index (χ0n) is 33.0. The summed E-state index contributed by atoms with van der Waals surface area (Å²) in [7, 11) is -2.97. The summed E-state index contributed by atoms with van der Waals surface area (Å²) in [5.74, 6) is -0.695. The summed E-state index contributed by atoms with van der Waals surface area (Å²) in [6.45, 7) is 18.7. The number of thioether (sulfide) groups is 1. The van der Waals surface area contributed by atoms with Crippen LogP contribution in [0.4, 0.5) is 9.18 Å². The van der Waals surface area contributed by atoms with Crippen molar-refractivity contribution < 1.29 is 23.1 Å². The van der Waals surface area contributed by atoms with Gasteiger partial charge in [-0.15, -0.1) is 0 Å². The molecule has 1 N–H and O–H groups in total. The fourth-order valence-corrected chi connectivity index (χ4v) is 14.2. The van der Waals surface area contributed by atoms with Crippen molar-refractivity contribution in [3.05, 3.63) is 143 Å². The lowest BCUT2D eigenvalue weighted by Gasteiger charge is -2.54. The van der Waals surface area contributed by atoms with Gasteiger partial charge in [-0.2, -0.15) is 5.10 Å². The van der Waals surface area contributed by atoms with Gasteiger partial charge in [0.15, 0.2) is 0 Å². The van der Waals surface area contributed by atoms with Gasteiger partial charge in [0.1, 0.15) is 27.4 Å². The molecule has 54 heavy (non-hydrogen) atoms. The van der Waals surface area contributed by atoms with Crippen molar-refractivity contribution in [2.24, 2.45) is 10.5 Å². The third kappa shape index (κ3) is 8.51. The molecule has 1 aliphatic rings. The minimum Gasteiger partial charge on any atom is -0.444 e. The first-order valence-corrected chi connectivity index (χ1v) is 22.3. The van der Waals surface area contributed by atoms with Crippen molar-refractivity contribution in [3.8, 4) is 0 Å². The third-order valence-corrected chi connectivity index (χ3v) is 15.5. The van der Waals surface area contributed by atoms with Gasteiger partial charge in [-0.25, -0.2) is 14.2 Å². The number of amides is 2. The lowest BCUT2D eigenvalue weighted by Crippen LogP contribution is -2.63. The number of hydrazone groups is 1. The standard InChI is InChI=1S/C44H54FN3O4SSi/c1-32(52-54(8,9)44(41(2,3)4,35-24-15-11-16-25-35)36-26-17-12-18-27-36)39(49)48-43(34-22-13-10-14-23-34,29-20-30-46-40(50)51-42(5,6)7)53-38(47-48)33-21-19-28-37(45)31-33/h10-19,21-28,31-32H,20,29-30H2,1-9H3,(H,46,50)/t32-,43?/m1/s1. The van der Waals surface area contributed by atoms with Crippen LogP contribution < -0.4 is 5.32 Å². The zero-order valence-corrected chi connectivity index (χ0v) is 34.8. The number of hydrogen-bond donors (Lipinski definition) is 1. The van der Waals surface area contributed by atoms with Crippen LogP contribution in [0.2, 0.25) is 13.1 Å². The largest absolute Gasteiger partial charge is 0.444 e. The van der Waals surface area contributed by atoms with Crippen LogP contribution in [0.15, 0.2) is 120 Å². The van der Waals surface area contributed by atoms with E-state index in [0.29, 0.717) is 30.0 Å². The van der Waals surface area contributed by atoms with Gasteiger partial charge in [0.05, 0.1) is 0 Å². The summed E-state index contributed by atoms with van der Waals surface area (Å²) in [6, 6.07) is 37.0. The predicted octanol–water partition coefficient (Wildman–Crippen LogP) is 10.4. The van der Waals surface area contributed by atoms with E-state index in [9.17, 15) is 9.18 Å². The number of hydrogen-bond acceptors (Lipinski definition) is 6. The Balaban J connectivity index is 1.57. The first kappa shape index (κ1) is 40.9. The van der Waals surface area contributed by atoms with E-state index in [1.807, 2.05) is 70.2 Å². The third-order valence-electron chi connectivity index (χ3n) is 9.93. The first-order chi connectivity index (χ1) is 25.4. The Morgan fingerprint density at radius 3 is 1.93 bits per heavy atom. The van der Waals surface area contributed by atoms with Gasteiger partial charge < -0.3 is 14.5 Å². The van der Waals surface area contributed by atoms with Gasteiger partial charge in [-0.3, -0.25) is 4.79 Å². The number of rotatable bonds is 12. The van der Waals surface area contributed by atoms with Gasteiger partial charge in [-0.1, -0.05) is 136 Å². The molecule has 1 aliphatic heterocycles. The molecule has 1 unspecified atom stereocenters. The monoisotopic (exact) mass is 767 g/mol. The van der Waals surface area contributed by atoms with Crippen molar-refractivity contribution >= 4 is 37.1 Å². The molecule has 0 saturated carbocycles. The second-order valence-electron chi connectivity index (χ2n) is 16.4. The summed E-state index contributed by atoms with van der Waals surface area (Å²) in [5, 5.41) is 9.37. The Bertz CT molecular complexity index is 1890. The lowest BCUT2D eigenvalue weighted by molar-refractivity contribution is -0.142. The summed E-state index contributed by atoms with van der Waals surface area (Å²) in [6.07, 6.45) is -0.464. The Kier molecular flexibility index (Phi) is 12.3. The molecule has 4 aromatic rings. The Labute approximate surface area is 325 Å². The second kappa shape index (κ2) is 16.2. The Hall–Kier alpha value is -4.25. The first-order valence-electron chi connectivity index (χ1n) is 18.6. The van der Waals surface area contributed by atoms with Crippen LogP contribution in [0.1, 0.15) is 83.6 Å². The zero-order chi connectivity index (χ0) is 39.4. The van der Waals surface area contributed by atoms with Gasteiger partial charge in [0, 0.05) is 17.1 Å². The highest BCUT2D eigenvalue weighted by Gasteiger charge is 2.59. The van der Waals surface area contributed by atoms with Crippen molar-refractivity contribution in [2.45, 2.75) is 96.0 Å².